The predicted octanol–water partition coefficient (Wildman–Crippen LogP) is 1.34. The summed E-state index contributed by atoms with van der Waals surface area (Å²) in [5.41, 5.74) is 1.97. The molecule has 1 heterocycles. The molecule has 0 aliphatic heterocycles. The zero-order valence-electron chi connectivity index (χ0n) is 12.3. The lowest BCUT2D eigenvalue weighted by molar-refractivity contribution is 0.347. The average molecular weight is 276 g/mol. The molecule has 0 aliphatic rings. The molecule has 0 saturated carbocycles. The van der Waals surface area contributed by atoms with Crippen LogP contribution in [0.2, 0.25) is 0 Å². The van der Waals surface area contributed by atoms with E-state index in [0.717, 1.165) is 29.2 Å². The number of nitrogens with zero attached hydrogens (tertiary/aromatic N) is 3. The van der Waals surface area contributed by atoms with E-state index < -0.39 is 0 Å². The Morgan fingerprint density at radius 3 is 2.65 bits per heavy atom. The standard InChI is InChI=1S/C14H20N4O2/c1-15-12(8-10-9-18(2)17-16-10)11-6-5-7-13(19-3)14(11)20-4/h5-7,9,12,15H,8H2,1-4H3. The Morgan fingerprint density at radius 1 is 1.30 bits per heavy atom. The zero-order chi connectivity index (χ0) is 14.5. The number of aryl methyl sites for hydroxylation is 1. The molecule has 0 amide bonds. The number of hydrogen-bond acceptors (Lipinski definition) is 5. The Bertz CT molecular complexity index is 568. The van der Waals surface area contributed by atoms with Gasteiger partial charge in [-0.3, -0.25) is 4.68 Å². The third-order valence-corrected chi connectivity index (χ3v) is 3.22. The largest absolute Gasteiger partial charge is 0.493 e. The van der Waals surface area contributed by atoms with Gasteiger partial charge >= 0.3 is 0 Å². The zero-order valence-corrected chi connectivity index (χ0v) is 12.3. The molecule has 1 N–H and O–H groups in total. The Kier molecular flexibility index (Phi) is 4.57. The fraction of sp³-hybridized carbons (Fsp3) is 0.429. The van der Waals surface area contributed by atoms with Crippen LogP contribution in [-0.2, 0) is 13.5 Å². The molecular formula is C14H20N4O2. The summed E-state index contributed by atoms with van der Waals surface area (Å²) in [4.78, 5) is 0. The summed E-state index contributed by atoms with van der Waals surface area (Å²) < 4.78 is 12.5. The number of benzene rings is 1. The number of rotatable bonds is 6. The Morgan fingerprint density at radius 2 is 2.10 bits per heavy atom. The van der Waals surface area contributed by atoms with Crippen molar-refractivity contribution in [2.75, 3.05) is 21.3 Å². The molecule has 1 aromatic heterocycles. The minimum absolute atomic E-state index is 0.0803. The van der Waals surface area contributed by atoms with Gasteiger partial charge in [0.25, 0.3) is 0 Å². The summed E-state index contributed by atoms with van der Waals surface area (Å²) >= 11 is 0. The van der Waals surface area contributed by atoms with Crippen LogP contribution in [0.15, 0.2) is 24.4 Å². The maximum absolute atomic E-state index is 5.49. The van der Waals surface area contributed by atoms with Gasteiger partial charge < -0.3 is 14.8 Å². The average Bonchev–Trinajstić information content (AvgIpc) is 2.89. The highest BCUT2D eigenvalue weighted by Crippen LogP contribution is 2.35. The fourth-order valence-electron chi connectivity index (χ4n) is 2.25. The first-order valence-corrected chi connectivity index (χ1v) is 6.43. The van der Waals surface area contributed by atoms with Crippen molar-refractivity contribution in [3.63, 3.8) is 0 Å². The molecule has 6 nitrogen and oxygen atoms in total. The summed E-state index contributed by atoms with van der Waals surface area (Å²) in [6.45, 7) is 0. The number of ether oxygens (including phenoxy) is 2. The normalized spacial score (nSPS) is 12.2. The third kappa shape index (κ3) is 2.91. The van der Waals surface area contributed by atoms with Gasteiger partial charge in [-0.2, -0.15) is 0 Å². The Hall–Kier alpha value is -2.08. The summed E-state index contributed by atoms with van der Waals surface area (Å²) in [7, 11) is 7.06. The second-order valence-electron chi connectivity index (χ2n) is 4.51. The maximum Gasteiger partial charge on any atom is 0.165 e. The number of hydrogen-bond donors (Lipinski definition) is 1. The molecule has 0 spiro atoms. The van der Waals surface area contributed by atoms with Gasteiger partial charge in [-0.1, -0.05) is 17.3 Å². The molecule has 1 unspecified atom stereocenters. The van der Waals surface area contributed by atoms with Crippen LogP contribution in [0, 0.1) is 0 Å². The van der Waals surface area contributed by atoms with Gasteiger partial charge in [0, 0.05) is 31.3 Å². The molecule has 0 radical (unpaired) electrons. The van der Waals surface area contributed by atoms with Crippen molar-refractivity contribution < 1.29 is 9.47 Å². The molecule has 108 valence electrons. The summed E-state index contributed by atoms with van der Waals surface area (Å²) in [6.07, 6.45) is 2.64. The van der Waals surface area contributed by atoms with Crippen molar-refractivity contribution in [1.29, 1.82) is 0 Å². The van der Waals surface area contributed by atoms with Crippen molar-refractivity contribution in [2.45, 2.75) is 12.5 Å². The molecule has 1 aromatic carbocycles. The number of para-hydroxylation sites is 1. The van der Waals surface area contributed by atoms with E-state index in [2.05, 4.69) is 15.6 Å². The second-order valence-corrected chi connectivity index (χ2v) is 4.51. The van der Waals surface area contributed by atoms with Crippen LogP contribution in [-0.4, -0.2) is 36.3 Å². The smallest absolute Gasteiger partial charge is 0.165 e. The topological polar surface area (TPSA) is 61.2 Å². The number of nitrogens with one attached hydrogen (secondary N) is 1. The minimum Gasteiger partial charge on any atom is -0.493 e. The fourth-order valence-corrected chi connectivity index (χ4v) is 2.25. The first-order valence-electron chi connectivity index (χ1n) is 6.43. The van der Waals surface area contributed by atoms with Crippen molar-refractivity contribution in [3.05, 3.63) is 35.7 Å². The molecule has 0 aliphatic carbocycles. The molecular weight excluding hydrogens is 256 g/mol. The van der Waals surface area contributed by atoms with Crippen molar-refractivity contribution in [3.8, 4) is 11.5 Å². The van der Waals surface area contributed by atoms with Gasteiger partial charge in [-0.05, 0) is 13.1 Å². The van der Waals surface area contributed by atoms with Gasteiger partial charge in [-0.25, -0.2) is 0 Å². The molecule has 0 saturated heterocycles. The van der Waals surface area contributed by atoms with E-state index in [9.17, 15) is 0 Å². The van der Waals surface area contributed by atoms with Gasteiger partial charge in [0.15, 0.2) is 11.5 Å². The van der Waals surface area contributed by atoms with Gasteiger partial charge in [0.1, 0.15) is 0 Å². The van der Waals surface area contributed by atoms with Gasteiger partial charge in [0.05, 0.1) is 19.9 Å². The Labute approximate surface area is 118 Å². The summed E-state index contributed by atoms with van der Waals surface area (Å²) in [6, 6.07) is 5.95. The number of likely N-dealkylation sites (N-methyl/N-ethyl adjacent to an activating group) is 1. The van der Waals surface area contributed by atoms with Crippen molar-refractivity contribution >= 4 is 0 Å². The molecule has 6 heteroatoms. The summed E-state index contributed by atoms with van der Waals surface area (Å²) in [5, 5.41) is 11.4. The first-order chi connectivity index (χ1) is 9.69. The molecule has 2 aromatic rings. The molecule has 0 fully saturated rings. The molecule has 2 rings (SSSR count). The maximum atomic E-state index is 5.49. The second kappa shape index (κ2) is 6.38. The highest BCUT2D eigenvalue weighted by molar-refractivity contribution is 5.48. The SMILES string of the molecule is CNC(Cc1cn(C)nn1)c1cccc(OC)c1OC. The van der Waals surface area contributed by atoms with Crippen molar-refractivity contribution in [1.82, 2.24) is 20.3 Å². The van der Waals surface area contributed by atoms with Gasteiger partial charge in [0.2, 0.25) is 0 Å². The van der Waals surface area contributed by atoms with Gasteiger partial charge in [-0.15, -0.1) is 5.10 Å². The van der Waals surface area contributed by atoms with E-state index >= 15 is 0 Å². The van der Waals surface area contributed by atoms with E-state index in [1.165, 1.54) is 0 Å². The monoisotopic (exact) mass is 276 g/mol. The van der Waals surface area contributed by atoms with Crippen LogP contribution in [0.1, 0.15) is 17.3 Å². The highest BCUT2D eigenvalue weighted by atomic mass is 16.5. The number of aromatic nitrogens is 3. The van der Waals surface area contributed by atoms with Crippen LogP contribution in [0.4, 0.5) is 0 Å². The van der Waals surface area contributed by atoms with Crippen LogP contribution in [0.25, 0.3) is 0 Å². The quantitative estimate of drug-likeness (QED) is 0.862. The van der Waals surface area contributed by atoms with Crippen LogP contribution in [0.5, 0.6) is 11.5 Å². The third-order valence-electron chi connectivity index (χ3n) is 3.22. The van der Waals surface area contributed by atoms with E-state index in [-0.39, 0.29) is 6.04 Å². The summed E-state index contributed by atoms with van der Waals surface area (Å²) in [5.74, 6) is 1.47. The van der Waals surface area contributed by atoms with E-state index in [1.807, 2.05) is 38.5 Å². The molecule has 0 bridgehead atoms. The minimum atomic E-state index is 0.0803. The van der Waals surface area contributed by atoms with Crippen molar-refractivity contribution in [2.24, 2.45) is 7.05 Å². The van der Waals surface area contributed by atoms with E-state index in [0.29, 0.717) is 0 Å². The molecule has 20 heavy (non-hydrogen) atoms. The van der Waals surface area contributed by atoms with Crippen LogP contribution in [0.3, 0.4) is 0 Å². The first kappa shape index (κ1) is 14.3. The number of methoxy groups -OCH3 is 2. The predicted molar refractivity (Wildman–Crippen MR) is 76.1 cm³/mol. The van der Waals surface area contributed by atoms with E-state index in [1.54, 1.807) is 18.9 Å². The lowest BCUT2D eigenvalue weighted by Crippen LogP contribution is -2.20. The lowest BCUT2D eigenvalue weighted by atomic mass is 10.0. The Balaban J connectivity index is 2.31. The van der Waals surface area contributed by atoms with Crippen LogP contribution >= 0.6 is 0 Å². The lowest BCUT2D eigenvalue weighted by Gasteiger charge is -2.20. The van der Waals surface area contributed by atoms with E-state index in [4.69, 9.17) is 9.47 Å². The van der Waals surface area contributed by atoms with Crippen LogP contribution < -0.4 is 14.8 Å². The highest BCUT2D eigenvalue weighted by Gasteiger charge is 2.19. The molecule has 1 atom stereocenters.